The molecule has 0 saturated carbocycles. The highest BCUT2D eigenvalue weighted by molar-refractivity contribution is 6.30. The van der Waals surface area contributed by atoms with Gasteiger partial charge < -0.3 is 10.1 Å². The zero-order chi connectivity index (χ0) is 9.80. The van der Waals surface area contributed by atoms with Gasteiger partial charge >= 0.3 is 0 Å². The molecule has 0 unspecified atom stereocenters. The van der Waals surface area contributed by atoms with Gasteiger partial charge in [-0.1, -0.05) is 23.7 Å². The number of benzene rings is 1. The van der Waals surface area contributed by atoms with Crippen molar-refractivity contribution in [2.24, 2.45) is 0 Å². The Hall–Kier alpha value is -0.280. The highest BCUT2D eigenvalue weighted by Crippen LogP contribution is 2.13. The van der Waals surface area contributed by atoms with Gasteiger partial charge in [-0.05, 0) is 30.7 Å². The molecule has 1 fully saturated rings. The van der Waals surface area contributed by atoms with E-state index < -0.39 is 0 Å². The summed E-state index contributed by atoms with van der Waals surface area (Å²) in [6.07, 6.45) is 1.48. The Morgan fingerprint density at radius 3 is 3.00 bits per heavy atom. The summed E-state index contributed by atoms with van der Waals surface area (Å²) >= 11 is 5.87. The van der Waals surface area contributed by atoms with Gasteiger partial charge in [0, 0.05) is 11.6 Å². The van der Waals surface area contributed by atoms with Crippen LogP contribution in [0.25, 0.3) is 0 Å². The smallest absolute Gasteiger partial charge is 0.0721 e. The summed E-state index contributed by atoms with van der Waals surface area (Å²) in [5.74, 6) is 0. The molecule has 0 radical (unpaired) electrons. The quantitative estimate of drug-likeness (QED) is 0.887. The van der Waals surface area contributed by atoms with Crippen molar-refractivity contribution in [2.75, 3.05) is 13.1 Å². The summed E-state index contributed by atoms with van der Waals surface area (Å²) in [4.78, 5) is 0. The maximum Gasteiger partial charge on any atom is 0.0721 e. The fraction of sp³-hybridized carbons (Fsp3) is 0.455. The van der Waals surface area contributed by atoms with Gasteiger partial charge in [-0.2, -0.15) is 0 Å². The van der Waals surface area contributed by atoms with Crippen LogP contribution in [-0.2, 0) is 11.3 Å². The molecule has 2 nitrogen and oxygen atoms in total. The van der Waals surface area contributed by atoms with Gasteiger partial charge in [0.1, 0.15) is 0 Å². The van der Waals surface area contributed by atoms with Gasteiger partial charge in [-0.25, -0.2) is 0 Å². The van der Waals surface area contributed by atoms with Crippen LogP contribution in [0.2, 0.25) is 5.02 Å². The van der Waals surface area contributed by atoms with Crippen molar-refractivity contribution in [2.45, 2.75) is 19.1 Å². The van der Waals surface area contributed by atoms with E-state index in [0.717, 1.165) is 30.1 Å². The van der Waals surface area contributed by atoms with Crippen LogP contribution in [0.4, 0.5) is 0 Å². The maximum atomic E-state index is 5.87. The summed E-state index contributed by atoms with van der Waals surface area (Å²) in [5, 5.41) is 4.04. The second kappa shape index (κ2) is 6.33. The lowest BCUT2D eigenvalue weighted by Gasteiger charge is -2.10. The van der Waals surface area contributed by atoms with E-state index in [1.54, 1.807) is 0 Å². The monoisotopic (exact) mass is 247 g/mol. The van der Waals surface area contributed by atoms with Crippen molar-refractivity contribution in [3.8, 4) is 0 Å². The molecule has 1 saturated heterocycles. The zero-order valence-electron chi connectivity index (χ0n) is 8.41. The second-order valence-electron chi connectivity index (χ2n) is 3.56. The minimum Gasteiger partial charge on any atom is -0.372 e. The molecule has 0 aliphatic carbocycles. The summed E-state index contributed by atoms with van der Waals surface area (Å²) < 4.78 is 5.72. The highest BCUT2D eigenvalue weighted by atomic mass is 35.5. The first-order valence-electron chi connectivity index (χ1n) is 4.91. The lowest BCUT2D eigenvalue weighted by molar-refractivity contribution is 0.0542. The first kappa shape index (κ1) is 12.8. The van der Waals surface area contributed by atoms with E-state index in [2.05, 4.69) is 5.32 Å². The Kier molecular flexibility index (Phi) is 5.40. The summed E-state index contributed by atoms with van der Waals surface area (Å²) in [7, 11) is 0. The number of nitrogens with one attached hydrogen (secondary N) is 1. The molecule has 1 aromatic carbocycles. The number of rotatable bonds is 3. The molecule has 1 atom stereocenters. The Morgan fingerprint density at radius 2 is 2.33 bits per heavy atom. The lowest BCUT2D eigenvalue weighted by Crippen LogP contribution is -2.16. The van der Waals surface area contributed by atoms with Crippen LogP contribution in [0.15, 0.2) is 24.3 Å². The second-order valence-corrected chi connectivity index (χ2v) is 3.99. The molecule has 1 N–H and O–H groups in total. The van der Waals surface area contributed by atoms with Crippen molar-refractivity contribution in [1.29, 1.82) is 0 Å². The van der Waals surface area contributed by atoms with Crippen molar-refractivity contribution in [3.05, 3.63) is 34.9 Å². The third-order valence-corrected chi connectivity index (χ3v) is 2.62. The minimum absolute atomic E-state index is 0. The molecule has 1 aliphatic rings. The van der Waals surface area contributed by atoms with Crippen LogP contribution < -0.4 is 5.32 Å². The van der Waals surface area contributed by atoms with Gasteiger partial charge in [0.05, 0.1) is 12.7 Å². The average molecular weight is 248 g/mol. The van der Waals surface area contributed by atoms with Crippen LogP contribution in [0.5, 0.6) is 0 Å². The van der Waals surface area contributed by atoms with Crippen molar-refractivity contribution < 1.29 is 4.74 Å². The molecule has 0 aromatic heterocycles. The molecular formula is C11H15Cl2NO. The van der Waals surface area contributed by atoms with Crippen molar-refractivity contribution in [3.63, 3.8) is 0 Å². The van der Waals surface area contributed by atoms with E-state index in [4.69, 9.17) is 16.3 Å². The molecule has 1 aliphatic heterocycles. The van der Waals surface area contributed by atoms with E-state index in [-0.39, 0.29) is 12.4 Å². The maximum absolute atomic E-state index is 5.87. The third kappa shape index (κ3) is 3.99. The molecular weight excluding hydrogens is 233 g/mol. The molecule has 0 bridgehead atoms. The van der Waals surface area contributed by atoms with Crippen LogP contribution in [0.1, 0.15) is 12.0 Å². The van der Waals surface area contributed by atoms with Gasteiger partial charge in [0.15, 0.2) is 0 Å². The van der Waals surface area contributed by atoms with Crippen LogP contribution >= 0.6 is 24.0 Å². The lowest BCUT2D eigenvalue weighted by atomic mass is 10.2. The van der Waals surface area contributed by atoms with Crippen molar-refractivity contribution >= 4 is 24.0 Å². The summed E-state index contributed by atoms with van der Waals surface area (Å²) in [6, 6.07) is 7.81. The first-order valence-corrected chi connectivity index (χ1v) is 5.29. The van der Waals surface area contributed by atoms with Crippen LogP contribution in [-0.4, -0.2) is 19.2 Å². The Bertz CT molecular complexity index is 300. The standard InChI is InChI=1S/C11H14ClNO.ClH/c12-10-3-1-2-9(6-10)8-14-11-4-5-13-7-11;/h1-3,6,11,13H,4-5,7-8H2;1H/t11-;/m0./s1. The molecule has 1 heterocycles. The number of hydrogen-bond acceptors (Lipinski definition) is 2. The first-order chi connectivity index (χ1) is 6.84. The minimum atomic E-state index is 0. The predicted octanol–water partition coefficient (Wildman–Crippen LogP) is 2.64. The highest BCUT2D eigenvalue weighted by Gasteiger charge is 2.14. The number of halogens is 2. The topological polar surface area (TPSA) is 21.3 Å². The van der Waals surface area contributed by atoms with Gasteiger partial charge in [0.2, 0.25) is 0 Å². The van der Waals surface area contributed by atoms with Crippen LogP contribution in [0, 0.1) is 0 Å². The zero-order valence-corrected chi connectivity index (χ0v) is 9.98. The molecule has 1 aromatic rings. The summed E-state index contributed by atoms with van der Waals surface area (Å²) in [5.41, 5.74) is 1.14. The van der Waals surface area contributed by atoms with Gasteiger partial charge in [0.25, 0.3) is 0 Å². The molecule has 4 heteroatoms. The number of hydrogen-bond donors (Lipinski definition) is 1. The Balaban J connectivity index is 0.00000112. The number of ether oxygens (including phenoxy) is 1. The average Bonchev–Trinajstić information content (AvgIpc) is 2.67. The Morgan fingerprint density at radius 1 is 1.47 bits per heavy atom. The Labute approximate surface area is 101 Å². The fourth-order valence-electron chi connectivity index (χ4n) is 1.61. The third-order valence-electron chi connectivity index (χ3n) is 2.39. The van der Waals surface area contributed by atoms with Gasteiger partial charge in [-0.3, -0.25) is 0 Å². The van der Waals surface area contributed by atoms with Gasteiger partial charge in [-0.15, -0.1) is 12.4 Å². The van der Waals surface area contributed by atoms with Crippen molar-refractivity contribution in [1.82, 2.24) is 5.32 Å². The predicted molar refractivity (Wildman–Crippen MR) is 64.8 cm³/mol. The molecule has 0 amide bonds. The SMILES string of the molecule is Cl.Clc1cccc(CO[C@H]2CCNC2)c1. The molecule has 84 valence electrons. The van der Waals surface area contributed by atoms with E-state index in [0.29, 0.717) is 12.7 Å². The van der Waals surface area contributed by atoms with E-state index in [1.165, 1.54) is 0 Å². The normalized spacial score (nSPS) is 19.9. The van der Waals surface area contributed by atoms with E-state index in [9.17, 15) is 0 Å². The molecule has 0 spiro atoms. The van der Waals surface area contributed by atoms with E-state index >= 15 is 0 Å². The van der Waals surface area contributed by atoms with Crippen LogP contribution in [0.3, 0.4) is 0 Å². The molecule has 15 heavy (non-hydrogen) atoms. The fourth-order valence-corrected chi connectivity index (χ4v) is 1.82. The van der Waals surface area contributed by atoms with E-state index in [1.807, 2.05) is 24.3 Å². The largest absolute Gasteiger partial charge is 0.372 e. The molecule has 2 rings (SSSR count). The summed E-state index contributed by atoms with van der Waals surface area (Å²) in [6.45, 7) is 2.70.